The lowest BCUT2D eigenvalue weighted by Crippen LogP contribution is -2.42. The van der Waals surface area contributed by atoms with E-state index in [-0.39, 0.29) is 5.92 Å². The third kappa shape index (κ3) is 1.88. The minimum Gasteiger partial charge on any atom is -0.380 e. The van der Waals surface area contributed by atoms with E-state index in [0.29, 0.717) is 38.0 Å². The number of fused-ring (bicyclic) bond motifs is 1. The van der Waals surface area contributed by atoms with Crippen LogP contribution in [0.25, 0.3) is 0 Å². The zero-order chi connectivity index (χ0) is 14.5. The molecule has 0 aromatic carbocycles. The molecule has 0 bridgehead atoms. The fraction of sp³-hybridized carbons (Fsp3) is 0.818. The van der Waals surface area contributed by atoms with Crippen molar-refractivity contribution in [3.8, 4) is 0 Å². The van der Waals surface area contributed by atoms with Crippen molar-refractivity contribution in [2.24, 2.45) is 5.92 Å². The Kier molecular flexibility index (Phi) is 3.12. The Morgan fingerprint density at radius 1 is 1.45 bits per heavy atom. The van der Waals surface area contributed by atoms with Gasteiger partial charge in [0, 0.05) is 33.1 Å². The Morgan fingerprint density at radius 3 is 2.80 bits per heavy atom. The minimum atomic E-state index is -3.44. The smallest absolute Gasteiger partial charge is 0.281 e. The van der Waals surface area contributed by atoms with Crippen LogP contribution in [0.1, 0.15) is 11.7 Å². The highest BCUT2D eigenvalue weighted by Gasteiger charge is 2.58. The Hall–Kier alpha value is -1.03. The van der Waals surface area contributed by atoms with E-state index >= 15 is 0 Å². The molecule has 9 heteroatoms. The first-order valence-corrected chi connectivity index (χ1v) is 7.82. The largest absolute Gasteiger partial charge is 0.380 e. The van der Waals surface area contributed by atoms with E-state index in [1.54, 1.807) is 6.92 Å². The normalized spacial score (nSPS) is 31.1. The fourth-order valence-corrected chi connectivity index (χ4v) is 4.12. The van der Waals surface area contributed by atoms with Crippen molar-refractivity contribution >= 4 is 10.2 Å². The number of aromatic nitrogens is 2. The third-order valence-corrected chi connectivity index (χ3v) is 5.94. The zero-order valence-electron chi connectivity index (χ0n) is 11.7. The molecule has 2 aliphatic rings. The molecule has 2 fully saturated rings. The van der Waals surface area contributed by atoms with Gasteiger partial charge in [0.2, 0.25) is 5.89 Å². The summed E-state index contributed by atoms with van der Waals surface area (Å²) in [5.74, 6) is 1.08. The highest BCUT2D eigenvalue weighted by atomic mass is 32.2. The van der Waals surface area contributed by atoms with E-state index in [4.69, 9.17) is 9.26 Å². The van der Waals surface area contributed by atoms with Gasteiger partial charge in [-0.25, -0.2) is 0 Å². The second-order valence-corrected chi connectivity index (χ2v) is 7.74. The Bertz CT molecular complexity index is 614. The molecular weight excluding hydrogens is 284 g/mol. The molecule has 0 unspecified atom stereocenters. The topological polar surface area (TPSA) is 88.8 Å². The van der Waals surface area contributed by atoms with Gasteiger partial charge in [-0.3, -0.25) is 0 Å². The van der Waals surface area contributed by atoms with Gasteiger partial charge in [0.25, 0.3) is 10.2 Å². The SMILES string of the molecule is Cc1noc([C@]23COC[C@H]2CN(S(=O)(=O)N(C)C)C3)n1. The van der Waals surface area contributed by atoms with Crippen LogP contribution in [0, 0.1) is 12.8 Å². The molecular formula is C11H18N4O4S. The summed E-state index contributed by atoms with van der Waals surface area (Å²) in [5.41, 5.74) is -0.510. The predicted octanol–water partition coefficient (Wildman–Crippen LogP) is -0.616. The van der Waals surface area contributed by atoms with Crippen molar-refractivity contribution in [2.75, 3.05) is 40.4 Å². The van der Waals surface area contributed by atoms with E-state index < -0.39 is 15.6 Å². The number of hydrogen-bond acceptors (Lipinski definition) is 6. The molecule has 0 spiro atoms. The van der Waals surface area contributed by atoms with Gasteiger partial charge in [0.1, 0.15) is 0 Å². The minimum absolute atomic E-state index is 0.0528. The fourth-order valence-electron chi connectivity index (χ4n) is 2.90. The molecule has 0 radical (unpaired) electrons. The summed E-state index contributed by atoms with van der Waals surface area (Å²) >= 11 is 0. The Labute approximate surface area is 117 Å². The third-order valence-electron chi connectivity index (χ3n) is 4.08. The first kappa shape index (κ1) is 13.9. The van der Waals surface area contributed by atoms with Crippen LogP contribution in [-0.4, -0.2) is 67.6 Å². The van der Waals surface area contributed by atoms with Crippen molar-refractivity contribution in [2.45, 2.75) is 12.3 Å². The molecule has 112 valence electrons. The van der Waals surface area contributed by atoms with Crippen LogP contribution in [0.15, 0.2) is 4.52 Å². The van der Waals surface area contributed by atoms with Crippen LogP contribution in [0.2, 0.25) is 0 Å². The first-order chi connectivity index (χ1) is 9.36. The highest BCUT2D eigenvalue weighted by Crippen LogP contribution is 2.44. The van der Waals surface area contributed by atoms with E-state index in [1.807, 2.05) is 0 Å². The lowest BCUT2D eigenvalue weighted by Gasteiger charge is -2.24. The molecule has 0 N–H and O–H groups in total. The van der Waals surface area contributed by atoms with E-state index in [9.17, 15) is 8.42 Å². The standard InChI is InChI=1S/C11H18N4O4S/c1-8-12-10(19-13-8)11-6-15(20(16,17)14(2)3)4-9(11)5-18-7-11/h9H,4-7H2,1-3H3/t9-,11-/m1/s1. The number of rotatable bonds is 3. The molecule has 2 aliphatic heterocycles. The number of hydrogen-bond donors (Lipinski definition) is 0. The van der Waals surface area contributed by atoms with Gasteiger partial charge in [-0.1, -0.05) is 5.16 Å². The van der Waals surface area contributed by atoms with Crippen molar-refractivity contribution < 1.29 is 17.7 Å². The van der Waals surface area contributed by atoms with E-state index in [2.05, 4.69) is 10.1 Å². The maximum atomic E-state index is 12.3. The van der Waals surface area contributed by atoms with Crippen LogP contribution in [-0.2, 0) is 20.4 Å². The van der Waals surface area contributed by atoms with Crippen LogP contribution in [0.3, 0.4) is 0 Å². The number of nitrogens with zero attached hydrogens (tertiary/aromatic N) is 4. The van der Waals surface area contributed by atoms with Crippen molar-refractivity contribution in [1.29, 1.82) is 0 Å². The second kappa shape index (κ2) is 4.48. The zero-order valence-corrected chi connectivity index (χ0v) is 12.6. The maximum Gasteiger partial charge on any atom is 0.281 e. The molecule has 2 atom stereocenters. The highest BCUT2D eigenvalue weighted by molar-refractivity contribution is 7.86. The van der Waals surface area contributed by atoms with Gasteiger partial charge < -0.3 is 9.26 Å². The molecule has 0 amide bonds. The average Bonchev–Trinajstić information content (AvgIpc) is 3.00. The molecule has 3 rings (SSSR count). The molecule has 8 nitrogen and oxygen atoms in total. The molecule has 0 saturated carbocycles. The molecule has 0 aliphatic carbocycles. The predicted molar refractivity (Wildman–Crippen MR) is 69.2 cm³/mol. The maximum absolute atomic E-state index is 12.3. The average molecular weight is 302 g/mol. The summed E-state index contributed by atoms with van der Waals surface area (Å²) in [5, 5.41) is 3.82. The first-order valence-electron chi connectivity index (χ1n) is 6.42. The molecule has 1 aromatic heterocycles. The molecule has 20 heavy (non-hydrogen) atoms. The van der Waals surface area contributed by atoms with Gasteiger partial charge in [0.05, 0.1) is 18.6 Å². The van der Waals surface area contributed by atoms with Gasteiger partial charge in [-0.05, 0) is 6.92 Å². The Balaban J connectivity index is 1.96. The summed E-state index contributed by atoms with van der Waals surface area (Å²) in [4.78, 5) is 4.29. The monoisotopic (exact) mass is 302 g/mol. The number of ether oxygens (including phenoxy) is 1. The summed E-state index contributed by atoms with van der Waals surface area (Å²) in [7, 11) is -0.374. The molecule has 3 heterocycles. The molecule has 2 saturated heterocycles. The van der Waals surface area contributed by atoms with Crippen molar-refractivity contribution in [3.63, 3.8) is 0 Å². The number of aryl methyl sites for hydroxylation is 1. The lowest BCUT2D eigenvalue weighted by atomic mass is 9.81. The quantitative estimate of drug-likeness (QED) is 0.739. The van der Waals surface area contributed by atoms with E-state index in [0.717, 1.165) is 0 Å². The summed E-state index contributed by atoms with van der Waals surface area (Å²) < 4.78 is 38.1. The van der Waals surface area contributed by atoms with Crippen molar-refractivity contribution in [3.05, 3.63) is 11.7 Å². The second-order valence-electron chi connectivity index (χ2n) is 5.60. The lowest BCUT2D eigenvalue weighted by molar-refractivity contribution is 0.152. The van der Waals surface area contributed by atoms with Gasteiger partial charge in [-0.15, -0.1) is 0 Å². The van der Waals surface area contributed by atoms with Crippen LogP contribution >= 0.6 is 0 Å². The van der Waals surface area contributed by atoms with E-state index in [1.165, 1.54) is 22.7 Å². The summed E-state index contributed by atoms with van der Waals surface area (Å²) in [6.45, 7) is 3.42. The molecule has 1 aromatic rings. The van der Waals surface area contributed by atoms with Gasteiger partial charge in [-0.2, -0.15) is 22.0 Å². The van der Waals surface area contributed by atoms with Gasteiger partial charge in [0.15, 0.2) is 5.82 Å². The summed E-state index contributed by atoms with van der Waals surface area (Å²) in [6.07, 6.45) is 0. The van der Waals surface area contributed by atoms with Crippen LogP contribution < -0.4 is 0 Å². The Morgan fingerprint density at radius 2 is 2.20 bits per heavy atom. The van der Waals surface area contributed by atoms with Crippen LogP contribution in [0.4, 0.5) is 0 Å². The van der Waals surface area contributed by atoms with Crippen molar-refractivity contribution in [1.82, 2.24) is 18.8 Å². The summed E-state index contributed by atoms with van der Waals surface area (Å²) in [6, 6.07) is 0. The van der Waals surface area contributed by atoms with Crippen LogP contribution in [0.5, 0.6) is 0 Å². The van der Waals surface area contributed by atoms with Gasteiger partial charge >= 0.3 is 0 Å².